The number of allylic oxidation sites excluding steroid dienone is 1. The predicted molar refractivity (Wildman–Crippen MR) is 138 cm³/mol. The summed E-state index contributed by atoms with van der Waals surface area (Å²) >= 11 is 0. The number of rotatable bonds is 3. The van der Waals surface area contributed by atoms with E-state index in [9.17, 15) is 26.3 Å². The second-order valence-corrected chi connectivity index (χ2v) is 9.38. The van der Waals surface area contributed by atoms with Crippen molar-refractivity contribution in [2.75, 3.05) is 0 Å². The molecule has 1 aliphatic carbocycles. The number of halogens is 8. The van der Waals surface area contributed by atoms with E-state index in [4.69, 9.17) is 0 Å². The molecule has 41 heavy (non-hydrogen) atoms. The fourth-order valence-corrected chi connectivity index (χ4v) is 5.42. The van der Waals surface area contributed by atoms with Gasteiger partial charge in [0.1, 0.15) is 0 Å². The first kappa shape index (κ1) is 32.8. The summed E-state index contributed by atoms with van der Waals surface area (Å²) in [6, 6.07) is 28.2. The van der Waals surface area contributed by atoms with Gasteiger partial charge in [-0.2, -0.15) is 26.3 Å². The maximum absolute atomic E-state index is 13.8. The molecule has 0 bridgehead atoms. The van der Waals surface area contributed by atoms with Crippen LogP contribution < -0.4 is 24.8 Å². The summed E-state index contributed by atoms with van der Waals surface area (Å²) in [6.07, 6.45) is -7.82. The van der Waals surface area contributed by atoms with Crippen LogP contribution in [0.4, 0.5) is 26.3 Å². The smallest absolute Gasteiger partial charge is 1.00 e. The molecular weight excluding hydrogens is 660 g/mol. The quantitative estimate of drug-likeness (QED) is 0.200. The first-order valence-electron chi connectivity index (χ1n) is 12.0. The topological polar surface area (TPSA) is 0 Å². The molecule has 5 aromatic carbocycles. The van der Waals surface area contributed by atoms with Gasteiger partial charge < -0.3 is 24.8 Å². The number of benzene rings is 4. The van der Waals surface area contributed by atoms with E-state index in [2.05, 4.69) is 0 Å². The molecule has 0 spiro atoms. The van der Waals surface area contributed by atoms with E-state index in [1.807, 2.05) is 78.9 Å². The number of alkyl halides is 6. The van der Waals surface area contributed by atoms with Crippen molar-refractivity contribution in [2.45, 2.75) is 18.3 Å². The summed E-state index contributed by atoms with van der Waals surface area (Å²) < 4.78 is 82.6. The van der Waals surface area contributed by atoms with Crippen molar-refractivity contribution in [1.82, 2.24) is 0 Å². The Labute approximate surface area is 264 Å². The normalized spacial score (nSPS) is 14.4. The van der Waals surface area contributed by atoms with E-state index in [-0.39, 0.29) is 68.6 Å². The number of hydrogen-bond donors (Lipinski definition) is 0. The molecule has 0 aromatic heterocycles. The second kappa shape index (κ2) is 12.2. The summed E-state index contributed by atoms with van der Waals surface area (Å²) in [6.45, 7) is 0. The SMILES string of the molecule is FC(F)(F)c1cc(-c2[cH-]c3ccccc3c2C2C(c3ccccc3)=Cc3ccccc32)cc(C(F)(F)F)c1.[Cl-].[Cl-].[Zr+3]. The van der Waals surface area contributed by atoms with Gasteiger partial charge >= 0.3 is 38.6 Å². The molecule has 1 unspecified atom stereocenters. The standard InChI is InChI=1S/C32H19F6.2ClH.Zr/c33-31(34,35)23-14-22(15-24(18-23)32(36,37)38)28-17-21-11-5-7-13-26(21)30(28)29-25-12-6-4-10-20(25)16-27(29)19-8-2-1-3-9-19;;;/h1-18,29H;2*1H;/q-1;;;+3/p-2. The van der Waals surface area contributed by atoms with Crippen LogP contribution in [0.5, 0.6) is 0 Å². The molecule has 0 saturated heterocycles. The zero-order valence-corrected chi connectivity index (χ0v) is 25.0. The van der Waals surface area contributed by atoms with Crippen LogP contribution in [0.3, 0.4) is 0 Å². The Hall–Kier alpha value is -2.73. The van der Waals surface area contributed by atoms with Crippen LogP contribution in [0.1, 0.15) is 39.3 Å². The molecule has 0 N–H and O–H groups in total. The van der Waals surface area contributed by atoms with E-state index in [1.54, 1.807) is 12.1 Å². The monoisotopic (exact) mass is 677 g/mol. The maximum Gasteiger partial charge on any atom is 3.00 e. The summed E-state index contributed by atoms with van der Waals surface area (Å²) in [5.41, 5.74) is 2.06. The van der Waals surface area contributed by atoms with E-state index in [0.29, 0.717) is 11.1 Å². The van der Waals surface area contributed by atoms with Gasteiger partial charge in [-0.25, -0.2) is 0 Å². The van der Waals surface area contributed by atoms with Gasteiger partial charge in [0.2, 0.25) is 0 Å². The van der Waals surface area contributed by atoms with Crippen molar-refractivity contribution in [2.24, 2.45) is 0 Å². The Morgan fingerprint density at radius 3 is 1.80 bits per heavy atom. The average molecular weight is 680 g/mol. The largest absolute Gasteiger partial charge is 3.00 e. The molecule has 5 aromatic rings. The Morgan fingerprint density at radius 2 is 1.17 bits per heavy atom. The maximum atomic E-state index is 13.8. The molecule has 1 radical (unpaired) electrons. The van der Waals surface area contributed by atoms with Gasteiger partial charge in [-0.05, 0) is 28.3 Å². The molecule has 0 aliphatic heterocycles. The average Bonchev–Trinajstić information content (AvgIpc) is 3.46. The second-order valence-electron chi connectivity index (χ2n) is 9.38. The molecule has 0 amide bonds. The molecule has 6 rings (SSSR count). The van der Waals surface area contributed by atoms with Crippen molar-refractivity contribution in [1.29, 1.82) is 0 Å². The molecule has 1 atom stereocenters. The third-order valence-corrected chi connectivity index (χ3v) is 7.06. The van der Waals surface area contributed by atoms with Crippen LogP contribution in [0.2, 0.25) is 0 Å². The van der Waals surface area contributed by atoms with Crippen LogP contribution in [0, 0.1) is 0 Å². The molecule has 1 aliphatic rings. The molecule has 9 heteroatoms. The Bertz CT molecular complexity index is 1670. The van der Waals surface area contributed by atoms with Crippen molar-refractivity contribution >= 4 is 22.4 Å². The van der Waals surface area contributed by atoms with Crippen molar-refractivity contribution in [3.05, 3.63) is 137 Å². The van der Waals surface area contributed by atoms with Crippen molar-refractivity contribution in [3.63, 3.8) is 0 Å². The fourth-order valence-electron chi connectivity index (χ4n) is 5.42. The van der Waals surface area contributed by atoms with Gasteiger partial charge in [0, 0.05) is 17.0 Å². The van der Waals surface area contributed by atoms with Crippen LogP contribution in [-0.2, 0) is 38.6 Å². The van der Waals surface area contributed by atoms with Crippen LogP contribution in [0.25, 0.3) is 33.5 Å². The van der Waals surface area contributed by atoms with Gasteiger partial charge in [0.25, 0.3) is 0 Å². The molecular formula is C32H19Cl2F6Zr. The van der Waals surface area contributed by atoms with Gasteiger partial charge in [0.15, 0.2) is 0 Å². The Morgan fingerprint density at radius 1 is 0.610 bits per heavy atom. The first-order chi connectivity index (χ1) is 18.1. The van der Waals surface area contributed by atoms with Crippen molar-refractivity contribution in [3.8, 4) is 11.1 Å². The van der Waals surface area contributed by atoms with Gasteiger partial charge in [-0.1, -0.05) is 96.6 Å². The Balaban J connectivity index is 0.00000154. The van der Waals surface area contributed by atoms with Crippen LogP contribution in [-0.4, -0.2) is 0 Å². The Kier molecular flexibility index (Phi) is 9.79. The number of hydrogen-bond acceptors (Lipinski definition) is 0. The molecule has 0 heterocycles. The van der Waals surface area contributed by atoms with Gasteiger partial charge in [-0.15, -0.1) is 34.0 Å². The van der Waals surface area contributed by atoms with E-state index >= 15 is 0 Å². The molecule has 0 fully saturated rings. The molecule has 0 nitrogen and oxygen atoms in total. The summed E-state index contributed by atoms with van der Waals surface area (Å²) in [5.74, 6) is -0.382. The molecule has 0 saturated carbocycles. The number of fused-ring (bicyclic) bond motifs is 2. The zero-order chi connectivity index (χ0) is 26.7. The van der Waals surface area contributed by atoms with Crippen LogP contribution in [0.15, 0.2) is 103 Å². The third-order valence-electron chi connectivity index (χ3n) is 7.06. The summed E-state index contributed by atoms with van der Waals surface area (Å²) in [4.78, 5) is 0. The minimum atomic E-state index is -4.93. The summed E-state index contributed by atoms with van der Waals surface area (Å²) in [5, 5.41) is 1.54. The minimum Gasteiger partial charge on any atom is -1.00 e. The zero-order valence-electron chi connectivity index (χ0n) is 21.0. The predicted octanol–water partition coefficient (Wildman–Crippen LogP) is 3.95. The van der Waals surface area contributed by atoms with E-state index < -0.39 is 23.5 Å². The van der Waals surface area contributed by atoms with Gasteiger partial charge in [0.05, 0.1) is 0 Å². The fraction of sp³-hybridized carbons (Fsp3) is 0.0938. The minimum absolute atomic E-state index is 0. The summed E-state index contributed by atoms with van der Waals surface area (Å²) in [7, 11) is 0. The first-order valence-corrected chi connectivity index (χ1v) is 12.0. The van der Waals surface area contributed by atoms with E-state index in [1.165, 1.54) is 0 Å². The third kappa shape index (κ3) is 6.09. The van der Waals surface area contributed by atoms with Gasteiger partial charge in [-0.3, -0.25) is 0 Å². The van der Waals surface area contributed by atoms with E-state index in [0.717, 1.165) is 45.2 Å². The van der Waals surface area contributed by atoms with Crippen LogP contribution >= 0.6 is 0 Å². The van der Waals surface area contributed by atoms with Crippen molar-refractivity contribution < 1.29 is 77.4 Å². The molecule has 207 valence electrons.